The quantitative estimate of drug-likeness (QED) is 0.699. The van der Waals surface area contributed by atoms with Gasteiger partial charge in [0.15, 0.2) is 0 Å². The summed E-state index contributed by atoms with van der Waals surface area (Å²) in [6.07, 6.45) is 1.75. The van der Waals surface area contributed by atoms with Crippen LogP contribution in [-0.4, -0.2) is 54.1 Å². The van der Waals surface area contributed by atoms with Gasteiger partial charge in [-0.3, -0.25) is 4.79 Å². The number of carbonyl (C=O) groups is 1. The maximum atomic E-state index is 12.6. The summed E-state index contributed by atoms with van der Waals surface area (Å²) in [5.41, 5.74) is 2.78. The van der Waals surface area contributed by atoms with E-state index in [0.717, 1.165) is 34.6 Å². The number of nitrogens with zero attached hydrogens (tertiary/aromatic N) is 3. The molecular formula is C21H26N4O2. The predicted octanol–water partition coefficient (Wildman–Crippen LogP) is 2.78. The molecule has 0 bridgehead atoms. The number of hydrogen-bond acceptors (Lipinski definition) is 4. The van der Waals surface area contributed by atoms with Crippen molar-refractivity contribution >= 4 is 16.9 Å². The first-order chi connectivity index (χ1) is 13.0. The van der Waals surface area contributed by atoms with E-state index in [1.165, 1.54) is 0 Å². The van der Waals surface area contributed by atoms with Gasteiger partial charge in [-0.2, -0.15) is 0 Å². The van der Waals surface area contributed by atoms with Gasteiger partial charge in [0.1, 0.15) is 17.9 Å². The lowest BCUT2D eigenvalue weighted by molar-refractivity contribution is -0.122. The molecular weight excluding hydrogens is 340 g/mol. The van der Waals surface area contributed by atoms with Gasteiger partial charge in [0.25, 0.3) is 0 Å². The number of likely N-dealkylation sites (N-methyl/N-ethyl adjacent to an activating group) is 1. The Morgan fingerprint density at radius 1 is 1.26 bits per heavy atom. The maximum absolute atomic E-state index is 12.6. The Labute approximate surface area is 159 Å². The molecule has 142 valence electrons. The zero-order valence-electron chi connectivity index (χ0n) is 16.3. The van der Waals surface area contributed by atoms with E-state index in [2.05, 4.69) is 21.3 Å². The molecule has 0 fully saturated rings. The van der Waals surface area contributed by atoms with Crippen molar-refractivity contribution < 1.29 is 9.53 Å². The van der Waals surface area contributed by atoms with Crippen LogP contribution in [0, 0.1) is 0 Å². The Morgan fingerprint density at radius 3 is 2.67 bits per heavy atom. The minimum absolute atomic E-state index is 0.0257. The summed E-state index contributed by atoms with van der Waals surface area (Å²) < 4.78 is 7.21. The summed E-state index contributed by atoms with van der Waals surface area (Å²) in [4.78, 5) is 19.2. The molecule has 1 amide bonds. The molecule has 1 aromatic carbocycles. The number of ether oxygens (including phenoxy) is 1. The smallest absolute Gasteiger partial charge is 0.240 e. The molecule has 2 aromatic heterocycles. The highest BCUT2D eigenvalue weighted by atomic mass is 16.5. The average molecular weight is 366 g/mol. The van der Waals surface area contributed by atoms with E-state index in [0.29, 0.717) is 0 Å². The molecule has 0 spiro atoms. The standard InChI is InChI=1S/C21H26N4O2/c1-15(13-24(2)3)23-20(26)14-25-19(12-17-6-5-11-22-21(17)25)16-7-9-18(27-4)10-8-16/h5-12,15H,13-14H2,1-4H3,(H,23,26)/t15-/m1/s1. The highest BCUT2D eigenvalue weighted by molar-refractivity contribution is 5.87. The molecule has 2 heterocycles. The zero-order chi connectivity index (χ0) is 19.4. The molecule has 6 heteroatoms. The third-order valence-electron chi connectivity index (χ3n) is 4.39. The number of benzene rings is 1. The fourth-order valence-electron chi connectivity index (χ4n) is 3.31. The number of carbonyl (C=O) groups excluding carboxylic acids is 1. The molecule has 3 aromatic rings. The molecule has 1 N–H and O–H groups in total. The molecule has 3 rings (SSSR count). The summed E-state index contributed by atoms with van der Waals surface area (Å²) in [6, 6.07) is 13.9. The number of hydrogen-bond donors (Lipinski definition) is 1. The van der Waals surface area contributed by atoms with Crippen LogP contribution in [-0.2, 0) is 11.3 Å². The van der Waals surface area contributed by atoms with Gasteiger partial charge in [-0.05, 0) is 69.0 Å². The highest BCUT2D eigenvalue weighted by Gasteiger charge is 2.16. The number of rotatable bonds is 7. The highest BCUT2D eigenvalue weighted by Crippen LogP contribution is 2.28. The van der Waals surface area contributed by atoms with Crippen molar-refractivity contribution in [3.8, 4) is 17.0 Å². The second-order valence-electron chi connectivity index (χ2n) is 6.99. The second kappa shape index (κ2) is 8.22. The van der Waals surface area contributed by atoms with Crippen LogP contribution in [0.5, 0.6) is 5.75 Å². The lowest BCUT2D eigenvalue weighted by Gasteiger charge is -2.19. The van der Waals surface area contributed by atoms with Crippen LogP contribution in [0.4, 0.5) is 0 Å². The molecule has 6 nitrogen and oxygen atoms in total. The Balaban J connectivity index is 1.91. The van der Waals surface area contributed by atoms with Gasteiger partial charge >= 0.3 is 0 Å². The lowest BCUT2D eigenvalue weighted by Crippen LogP contribution is -2.41. The lowest BCUT2D eigenvalue weighted by atomic mass is 10.1. The summed E-state index contributed by atoms with van der Waals surface area (Å²) in [6.45, 7) is 3.02. The van der Waals surface area contributed by atoms with E-state index in [1.807, 2.05) is 62.0 Å². The minimum atomic E-state index is -0.0257. The van der Waals surface area contributed by atoms with Gasteiger partial charge in [0.2, 0.25) is 5.91 Å². The van der Waals surface area contributed by atoms with Crippen LogP contribution in [0.3, 0.4) is 0 Å². The van der Waals surface area contributed by atoms with Crippen LogP contribution < -0.4 is 10.1 Å². The predicted molar refractivity (Wildman–Crippen MR) is 108 cm³/mol. The molecule has 0 aliphatic carbocycles. The molecule has 0 unspecified atom stereocenters. The summed E-state index contributed by atoms with van der Waals surface area (Å²) in [7, 11) is 5.64. The Morgan fingerprint density at radius 2 is 2.00 bits per heavy atom. The first-order valence-corrected chi connectivity index (χ1v) is 9.00. The first kappa shape index (κ1) is 18.9. The van der Waals surface area contributed by atoms with E-state index < -0.39 is 0 Å². The van der Waals surface area contributed by atoms with Crippen LogP contribution in [0.2, 0.25) is 0 Å². The van der Waals surface area contributed by atoms with Gasteiger partial charge < -0.3 is 19.5 Å². The second-order valence-corrected chi connectivity index (χ2v) is 6.99. The molecule has 0 saturated carbocycles. The zero-order valence-corrected chi connectivity index (χ0v) is 16.3. The Bertz CT molecular complexity index is 916. The van der Waals surface area contributed by atoms with E-state index in [9.17, 15) is 4.79 Å². The van der Waals surface area contributed by atoms with Gasteiger partial charge in [-0.1, -0.05) is 0 Å². The van der Waals surface area contributed by atoms with Crippen LogP contribution in [0.25, 0.3) is 22.3 Å². The maximum Gasteiger partial charge on any atom is 0.240 e. The van der Waals surface area contributed by atoms with Crippen molar-refractivity contribution in [2.24, 2.45) is 0 Å². The Hall–Kier alpha value is -2.86. The fraction of sp³-hybridized carbons (Fsp3) is 0.333. The Kier molecular flexibility index (Phi) is 5.76. The van der Waals surface area contributed by atoms with Crippen LogP contribution in [0.15, 0.2) is 48.7 Å². The van der Waals surface area contributed by atoms with Gasteiger partial charge in [0, 0.05) is 24.2 Å². The molecule has 0 aliphatic rings. The van der Waals surface area contributed by atoms with Crippen molar-refractivity contribution in [1.82, 2.24) is 19.8 Å². The topological polar surface area (TPSA) is 59.4 Å². The summed E-state index contributed by atoms with van der Waals surface area (Å²) in [5.74, 6) is 0.775. The molecule has 27 heavy (non-hydrogen) atoms. The monoisotopic (exact) mass is 366 g/mol. The van der Waals surface area contributed by atoms with Crippen molar-refractivity contribution in [2.45, 2.75) is 19.5 Å². The molecule has 0 aliphatic heterocycles. The van der Waals surface area contributed by atoms with Gasteiger partial charge in [-0.15, -0.1) is 0 Å². The summed E-state index contributed by atoms with van der Waals surface area (Å²) in [5, 5.41) is 4.07. The third-order valence-corrected chi connectivity index (χ3v) is 4.39. The normalized spacial score (nSPS) is 12.3. The SMILES string of the molecule is COc1ccc(-c2cc3cccnc3n2CC(=O)N[C@H](C)CN(C)C)cc1. The number of pyridine rings is 1. The first-order valence-electron chi connectivity index (χ1n) is 9.00. The number of methoxy groups -OCH3 is 1. The van der Waals surface area contributed by atoms with Crippen molar-refractivity contribution in [1.29, 1.82) is 0 Å². The largest absolute Gasteiger partial charge is 0.497 e. The van der Waals surface area contributed by atoms with Crippen molar-refractivity contribution in [3.63, 3.8) is 0 Å². The molecule has 1 atom stereocenters. The van der Waals surface area contributed by atoms with E-state index in [1.54, 1.807) is 13.3 Å². The molecule has 0 radical (unpaired) electrons. The minimum Gasteiger partial charge on any atom is -0.497 e. The number of amides is 1. The van der Waals surface area contributed by atoms with Gasteiger partial charge in [-0.25, -0.2) is 4.98 Å². The third kappa shape index (κ3) is 4.46. The van der Waals surface area contributed by atoms with E-state index in [-0.39, 0.29) is 18.5 Å². The number of nitrogens with one attached hydrogen (secondary N) is 1. The van der Waals surface area contributed by atoms with E-state index >= 15 is 0 Å². The van der Waals surface area contributed by atoms with E-state index in [4.69, 9.17) is 4.74 Å². The van der Waals surface area contributed by atoms with Crippen LogP contribution in [0.1, 0.15) is 6.92 Å². The van der Waals surface area contributed by atoms with Crippen molar-refractivity contribution in [3.05, 3.63) is 48.7 Å². The average Bonchev–Trinajstić information content (AvgIpc) is 2.99. The fourth-order valence-corrected chi connectivity index (χ4v) is 3.31. The summed E-state index contributed by atoms with van der Waals surface area (Å²) >= 11 is 0. The van der Waals surface area contributed by atoms with Crippen LogP contribution >= 0.6 is 0 Å². The van der Waals surface area contributed by atoms with Gasteiger partial charge in [0.05, 0.1) is 12.8 Å². The number of aromatic nitrogens is 2. The van der Waals surface area contributed by atoms with Crippen molar-refractivity contribution in [2.75, 3.05) is 27.7 Å². The molecule has 0 saturated heterocycles. The number of fused-ring (bicyclic) bond motifs is 1.